The lowest BCUT2D eigenvalue weighted by molar-refractivity contribution is -0.121. The zero-order valence-corrected chi connectivity index (χ0v) is 31.2. The first-order valence-corrected chi connectivity index (χ1v) is 19.7. The van der Waals surface area contributed by atoms with Crippen molar-refractivity contribution in [1.29, 1.82) is 0 Å². The van der Waals surface area contributed by atoms with Crippen LogP contribution in [-0.4, -0.2) is 41.4 Å². The van der Waals surface area contributed by atoms with Gasteiger partial charge in [0.05, 0.1) is 26.9 Å². The van der Waals surface area contributed by atoms with Gasteiger partial charge in [-0.2, -0.15) is 0 Å². The van der Waals surface area contributed by atoms with Crippen LogP contribution >= 0.6 is 0 Å². The molecule has 0 N–H and O–H groups in total. The Kier molecular flexibility index (Phi) is 12.6. The molecule has 1 aliphatic rings. The van der Waals surface area contributed by atoms with E-state index in [1.54, 1.807) is 38.5 Å². The number of benzene rings is 4. The van der Waals surface area contributed by atoms with Crippen LogP contribution in [0.2, 0.25) is 18.1 Å². The highest BCUT2D eigenvalue weighted by molar-refractivity contribution is 6.73. The maximum atomic E-state index is 14.7. The van der Waals surface area contributed by atoms with Crippen LogP contribution in [0.4, 0.5) is 0 Å². The van der Waals surface area contributed by atoms with E-state index in [-0.39, 0.29) is 31.4 Å². The average molecular weight is 711 g/mol. The predicted molar refractivity (Wildman–Crippen MR) is 198 cm³/mol. The van der Waals surface area contributed by atoms with Gasteiger partial charge in [0, 0.05) is 11.1 Å². The van der Waals surface area contributed by atoms with Crippen LogP contribution in [0.25, 0.3) is 6.08 Å². The van der Waals surface area contributed by atoms with Crippen molar-refractivity contribution < 1.29 is 42.4 Å². The number of fused-ring (bicyclic) bond motifs is 1. The lowest BCUT2D eigenvalue weighted by Gasteiger charge is -2.33. The highest BCUT2D eigenvalue weighted by Crippen LogP contribution is 2.46. The molecule has 0 amide bonds. The third-order valence-electron chi connectivity index (χ3n) is 9.37. The normalized spacial score (nSPS) is 13.0. The molecule has 0 saturated heterocycles. The van der Waals surface area contributed by atoms with Gasteiger partial charge < -0.3 is 32.8 Å². The topological polar surface area (TPSA) is 98.8 Å². The van der Waals surface area contributed by atoms with E-state index in [9.17, 15) is 9.59 Å². The summed E-state index contributed by atoms with van der Waals surface area (Å²) in [6.45, 7) is 6.88. The summed E-state index contributed by atoms with van der Waals surface area (Å²) in [6.07, 6.45) is 2.09. The number of cyclic esters (lactones) is 1. The Labute approximate surface area is 301 Å². The highest BCUT2D eigenvalue weighted by Gasteiger charge is 2.39. The second kappa shape index (κ2) is 17.2. The molecule has 1 unspecified atom stereocenters. The van der Waals surface area contributed by atoms with Crippen molar-refractivity contribution in [3.63, 3.8) is 0 Å². The van der Waals surface area contributed by atoms with Crippen LogP contribution in [0.5, 0.6) is 28.7 Å². The van der Waals surface area contributed by atoms with Crippen LogP contribution < -0.4 is 23.7 Å². The summed E-state index contributed by atoms with van der Waals surface area (Å²) < 4.78 is 42.5. The van der Waals surface area contributed by atoms with Gasteiger partial charge in [-0.25, -0.2) is 4.79 Å². The van der Waals surface area contributed by atoms with Gasteiger partial charge in [-0.05, 0) is 59.6 Å². The maximum absolute atomic E-state index is 14.7. The highest BCUT2D eigenvalue weighted by atomic mass is 28.4. The molecular formula is C41H46O9Si. The molecule has 51 heavy (non-hydrogen) atoms. The molecule has 1 atom stereocenters. The number of hydrogen-bond donors (Lipinski definition) is 0. The number of ether oxygens (including phenoxy) is 6. The van der Waals surface area contributed by atoms with E-state index in [2.05, 4.69) is 20.8 Å². The van der Waals surface area contributed by atoms with E-state index in [0.29, 0.717) is 45.3 Å². The van der Waals surface area contributed by atoms with Gasteiger partial charge in [0.25, 0.3) is 0 Å². The molecular weight excluding hydrogens is 665 g/mol. The number of esters is 1. The van der Waals surface area contributed by atoms with Crippen LogP contribution in [0.15, 0.2) is 84.9 Å². The fourth-order valence-corrected chi connectivity index (χ4v) is 9.00. The van der Waals surface area contributed by atoms with Crippen LogP contribution in [0, 0.1) is 0 Å². The van der Waals surface area contributed by atoms with Crippen molar-refractivity contribution in [2.75, 3.05) is 21.3 Å². The molecule has 10 heteroatoms. The lowest BCUT2D eigenvalue weighted by Crippen LogP contribution is -2.39. The van der Waals surface area contributed by atoms with Crippen molar-refractivity contribution in [2.45, 2.75) is 64.8 Å². The molecule has 0 saturated carbocycles. The summed E-state index contributed by atoms with van der Waals surface area (Å²) in [5, 5.41) is 0. The third kappa shape index (κ3) is 8.29. The van der Waals surface area contributed by atoms with E-state index in [1.165, 1.54) is 13.2 Å². The van der Waals surface area contributed by atoms with Crippen LogP contribution in [0.1, 0.15) is 65.1 Å². The zero-order valence-electron chi connectivity index (χ0n) is 30.2. The van der Waals surface area contributed by atoms with Crippen molar-refractivity contribution in [2.24, 2.45) is 0 Å². The van der Waals surface area contributed by atoms with E-state index in [0.717, 1.165) is 29.3 Å². The summed E-state index contributed by atoms with van der Waals surface area (Å²) >= 11 is 0. The predicted octanol–water partition coefficient (Wildman–Crippen LogP) is 8.89. The molecule has 0 aliphatic carbocycles. The number of carbonyl (C=O) groups excluding carboxylic acids is 2. The summed E-state index contributed by atoms with van der Waals surface area (Å²) in [5.41, 5.74) is 3.85. The average Bonchev–Trinajstić information content (AvgIpc) is 3.55. The Hall–Kier alpha value is -5.06. The second-order valence-electron chi connectivity index (χ2n) is 12.2. The number of rotatable bonds is 18. The Morgan fingerprint density at radius 2 is 1.33 bits per heavy atom. The molecule has 9 nitrogen and oxygen atoms in total. The minimum absolute atomic E-state index is 0.0881. The standard InChI is InChI=1S/C41H46O9Si/c1-7-51(8-2,9-3)50-38(36-33(44-4)22-23-34(45-5)39(36)48-26-29-18-14-11-15-19-29)32(42)21-20-30-24-31-27-49-41(43)35(31)40(46-6)37(30)47-25-28-16-12-10-13-17-28/h10-24,38H,7-9,25-27H2,1-6H3/b21-20+. The minimum Gasteiger partial charge on any atom is -0.496 e. The van der Waals surface area contributed by atoms with Crippen molar-refractivity contribution >= 4 is 26.1 Å². The molecule has 0 bridgehead atoms. The van der Waals surface area contributed by atoms with Crippen molar-refractivity contribution in [1.82, 2.24) is 0 Å². The number of methoxy groups -OCH3 is 3. The summed E-state index contributed by atoms with van der Waals surface area (Å²) in [7, 11) is 2.20. The molecule has 268 valence electrons. The molecule has 4 aromatic rings. The smallest absolute Gasteiger partial charge is 0.342 e. The van der Waals surface area contributed by atoms with Gasteiger partial charge in [0.1, 0.15) is 37.2 Å². The third-order valence-corrected chi connectivity index (χ3v) is 14.0. The Morgan fingerprint density at radius 1 is 0.765 bits per heavy atom. The molecule has 1 heterocycles. The minimum atomic E-state index is -2.41. The quantitative estimate of drug-likeness (QED) is 0.0570. The van der Waals surface area contributed by atoms with E-state index in [1.807, 2.05) is 60.7 Å². The van der Waals surface area contributed by atoms with Gasteiger partial charge in [-0.3, -0.25) is 4.79 Å². The molecule has 0 radical (unpaired) electrons. The number of carbonyl (C=O) groups is 2. The maximum Gasteiger partial charge on any atom is 0.342 e. The molecule has 0 aromatic heterocycles. The zero-order chi connectivity index (χ0) is 36.4. The second-order valence-corrected chi connectivity index (χ2v) is 16.9. The molecule has 4 aromatic carbocycles. The van der Waals surface area contributed by atoms with Gasteiger partial charge in [-0.15, -0.1) is 0 Å². The van der Waals surface area contributed by atoms with Gasteiger partial charge in [-0.1, -0.05) is 81.4 Å². The first-order chi connectivity index (χ1) is 24.8. The van der Waals surface area contributed by atoms with Gasteiger partial charge in [0.15, 0.2) is 37.1 Å². The Morgan fingerprint density at radius 3 is 1.88 bits per heavy atom. The van der Waals surface area contributed by atoms with E-state index < -0.39 is 20.4 Å². The van der Waals surface area contributed by atoms with Crippen LogP contribution in [-0.2, 0) is 33.8 Å². The van der Waals surface area contributed by atoms with Crippen LogP contribution in [0.3, 0.4) is 0 Å². The van der Waals surface area contributed by atoms with Crippen molar-refractivity contribution in [3.8, 4) is 28.7 Å². The largest absolute Gasteiger partial charge is 0.496 e. The monoisotopic (exact) mass is 710 g/mol. The number of ketones is 1. The Bertz CT molecular complexity index is 1830. The first kappa shape index (κ1) is 37.2. The van der Waals surface area contributed by atoms with E-state index in [4.69, 9.17) is 32.8 Å². The SMILES string of the molecule is CC[Si](CC)(CC)OC(C(=O)/C=C/c1cc2c(c(OC)c1OCc1ccccc1)C(=O)OC2)c1c(OC)ccc(OC)c1OCc1ccccc1. The van der Waals surface area contributed by atoms with Crippen molar-refractivity contribution in [3.05, 3.63) is 118 Å². The van der Waals surface area contributed by atoms with Gasteiger partial charge in [0.2, 0.25) is 0 Å². The summed E-state index contributed by atoms with van der Waals surface area (Å²) in [5.74, 6) is 1.04. The molecule has 1 aliphatic heterocycles. The fraction of sp³-hybridized carbons (Fsp3) is 0.317. The van der Waals surface area contributed by atoms with Gasteiger partial charge >= 0.3 is 5.97 Å². The lowest BCUT2D eigenvalue weighted by atomic mass is 9.99. The molecule has 0 spiro atoms. The van der Waals surface area contributed by atoms with E-state index >= 15 is 0 Å². The summed E-state index contributed by atoms with van der Waals surface area (Å²) in [6, 6.07) is 27.2. The summed E-state index contributed by atoms with van der Waals surface area (Å²) in [4.78, 5) is 27.4. The fourth-order valence-electron chi connectivity index (χ4n) is 6.26. The first-order valence-electron chi connectivity index (χ1n) is 17.2. The molecule has 5 rings (SSSR count). The molecule has 0 fully saturated rings. The number of hydrogen-bond acceptors (Lipinski definition) is 9. The Balaban J connectivity index is 1.62.